The van der Waals surface area contributed by atoms with E-state index in [1.807, 2.05) is 12.1 Å². The van der Waals surface area contributed by atoms with Crippen LogP contribution in [0.5, 0.6) is 5.88 Å². The first-order valence-corrected chi connectivity index (χ1v) is 11.2. The molecule has 6 nitrogen and oxygen atoms in total. The Labute approximate surface area is 189 Å². The van der Waals surface area contributed by atoms with Crippen LogP contribution in [0.2, 0.25) is 0 Å². The Hall–Kier alpha value is -3.25. The number of pyridine rings is 2. The van der Waals surface area contributed by atoms with E-state index in [9.17, 15) is 4.79 Å². The van der Waals surface area contributed by atoms with Crippen molar-refractivity contribution in [3.8, 4) is 5.88 Å². The fraction of sp³-hybridized carbons (Fsp3) is 0.346. The highest BCUT2D eigenvalue weighted by Gasteiger charge is 2.20. The SMILES string of the molecule is COc1ccc2nccc(NC(=O)CCC3CCCN(C/C=C/c4ccccc4)C3)c2n1. The maximum atomic E-state index is 12.6. The van der Waals surface area contributed by atoms with Crippen molar-refractivity contribution in [3.05, 3.63) is 66.4 Å². The predicted octanol–water partition coefficient (Wildman–Crippen LogP) is 4.78. The summed E-state index contributed by atoms with van der Waals surface area (Å²) in [5.74, 6) is 1.07. The first kappa shape index (κ1) is 22.0. The van der Waals surface area contributed by atoms with Crippen molar-refractivity contribution in [1.82, 2.24) is 14.9 Å². The summed E-state index contributed by atoms with van der Waals surface area (Å²) in [6.45, 7) is 3.12. The highest BCUT2D eigenvalue weighted by Crippen LogP contribution is 2.24. The number of carbonyl (C=O) groups is 1. The Morgan fingerprint density at radius 1 is 1.22 bits per heavy atom. The Morgan fingerprint density at radius 3 is 2.94 bits per heavy atom. The van der Waals surface area contributed by atoms with Gasteiger partial charge in [-0.15, -0.1) is 0 Å². The summed E-state index contributed by atoms with van der Waals surface area (Å²) in [6, 6.07) is 15.8. The molecule has 1 saturated heterocycles. The zero-order chi connectivity index (χ0) is 22.2. The number of benzene rings is 1. The molecule has 1 unspecified atom stereocenters. The number of ether oxygens (including phenoxy) is 1. The molecule has 1 aliphatic heterocycles. The minimum Gasteiger partial charge on any atom is -0.481 e. The van der Waals surface area contributed by atoms with Crippen LogP contribution in [0.25, 0.3) is 17.1 Å². The van der Waals surface area contributed by atoms with E-state index in [-0.39, 0.29) is 5.91 Å². The largest absolute Gasteiger partial charge is 0.481 e. The zero-order valence-electron chi connectivity index (χ0n) is 18.5. The van der Waals surface area contributed by atoms with Crippen LogP contribution in [-0.4, -0.2) is 47.5 Å². The van der Waals surface area contributed by atoms with Gasteiger partial charge in [-0.1, -0.05) is 42.5 Å². The van der Waals surface area contributed by atoms with Crippen LogP contribution in [0, 0.1) is 5.92 Å². The van der Waals surface area contributed by atoms with Gasteiger partial charge in [0, 0.05) is 31.8 Å². The first-order chi connectivity index (χ1) is 15.7. The van der Waals surface area contributed by atoms with E-state index in [2.05, 4.69) is 56.6 Å². The smallest absolute Gasteiger partial charge is 0.224 e. The van der Waals surface area contributed by atoms with Crippen molar-refractivity contribution in [2.24, 2.45) is 5.92 Å². The van der Waals surface area contributed by atoms with Crippen molar-refractivity contribution >= 4 is 28.7 Å². The molecule has 4 rings (SSSR count). The molecule has 3 aromatic rings. The van der Waals surface area contributed by atoms with E-state index in [0.717, 1.165) is 31.6 Å². The number of hydrogen-bond donors (Lipinski definition) is 1. The third kappa shape index (κ3) is 5.92. The summed E-state index contributed by atoms with van der Waals surface area (Å²) < 4.78 is 5.21. The molecule has 1 amide bonds. The molecular weight excluding hydrogens is 400 g/mol. The van der Waals surface area contributed by atoms with E-state index in [1.54, 1.807) is 25.4 Å². The molecule has 0 radical (unpaired) electrons. The van der Waals surface area contributed by atoms with Crippen molar-refractivity contribution in [2.45, 2.75) is 25.7 Å². The minimum absolute atomic E-state index is 0.0169. The van der Waals surface area contributed by atoms with E-state index in [4.69, 9.17) is 4.74 Å². The summed E-state index contributed by atoms with van der Waals surface area (Å²) in [5, 5.41) is 3.02. The number of aromatic nitrogens is 2. The summed E-state index contributed by atoms with van der Waals surface area (Å²) in [7, 11) is 1.58. The molecule has 0 saturated carbocycles. The number of nitrogens with one attached hydrogen (secondary N) is 1. The zero-order valence-corrected chi connectivity index (χ0v) is 18.5. The van der Waals surface area contributed by atoms with Crippen molar-refractivity contribution in [1.29, 1.82) is 0 Å². The van der Waals surface area contributed by atoms with Crippen LogP contribution in [0.4, 0.5) is 5.69 Å². The third-order valence-electron chi connectivity index (χ3n) is 5.90. The van der Waals surface area contributed by atoms with Gasteiger partial charge < -0.3 is 10.1 Å². The van der Waals surface area contributed by atoms with Crippen molar-refractivity contribution < 1.29 is 9.53 Å². The lowest BCUT2D eigenvalue weighted by molar-refractivity contribution is -0.116. The van der Waals surface area contributed by atoms with Gasteiger partial charge in [0.15, 0.2) is 0 Å². The lowest BCUT2D eigenvalue weighted by atomic mass is 9.93. The average Bonchev–Trinajstić information content (AvgIpc) is 2.84. The van der Waals surface area contributed by atoms with Gasteiger partial charge in [0.25, 0.3) is 0 Å². The second-order valence-corrected chi connectivity index (χ2v) is 8.25. The number of piperidine rings is 1. The van der Waals surface area contributed by atoms with Crippen LogP contribution in [0.3, 0.4) is 0 Å². The van der Waals surface area contributed by atoms with E-state index < -0.39 is 0 Å². The van der Waals surface area contributed by atoms with E-state index >= 15 is 0 Å². The topological polar surface area (TPSA) is 67.3 Å². The van der Waals surface area contributed by atoms with Crippen LogP contribution >= 0.6 is 0 Å². The normalized spacial score (nSPS) is 17.0. The summed E-state index contributed by atoms with van der Waals surface area (Å²) in [6.07, 6.45) is 9.87. The summed E-state index contributed by atoms with van der Waals surface area (Å²) in [4.78, 5) is 23.9. The molecule has 0 aliphatic carbocycles. The Bertz CT molecular complexity index is 1070. The molecule has 0 spiro atoms. The van der Waals surface area contributed by atoms with Gasteiger partial charge in [0.2, 0.25) is 11.8 Å². The molecule has 1 N–H and O–H groups in total. The number of nitrogens with zero attached hydrogens (tertiary/aromatic N) is 3. The lowest BCUT2D eigenvalue weighted by Gasteiger charge is -2.31. The maximum absolute atomic E-state index is 12.6. The van der Waals surface area contributed by atoms with Gasteiger partial charge in [-0.25, -0.2) is 4.98 Å². The molecule has 32 heavy (non-hydrogen) atoms. The summed E-state index contributed by atoms with van der Waals surface area (Å²) >= 11 is 0. The second-order valence-electron chi connectivity index (χ2n) is 8.25. The molecule has 1 fully saturated rings. The van der Waals surface area contributed by atoms with Gasteiger partial charge in [0.05, 0.1) is 18.3 Å². The van der Waals surface area contributed by atoms with Gasteiger partial charge in [-0.3, -0.25) is 14.7 Å². The quantitative estimate of drug-likeness (QED) is 0.557. The van der Waals surface area contributed by atoms with Crippen molar-refractivity contribution in [3.63, 3.8) is 0 Å². The standard InChI is InChI=1S/C26H30N4O2/c1-32-25-14-12-22-26(29-25)23(15-16-27-22)28-24(31)13-11-21-10-6-18-30(19-21)17-5-9-20-7-3-2-4-8-20/h2-5,7-9,12,14-16,21H,6,10-11,13,17-19H2,1H3,(H,27,28,31)/b9-5+. The number of rotatable bonds is 8. The molecular formula is C26H30N4O2. The van der Waals surface area contributed by atoms with Crippen LogP contribution in [0.15, 0.2) is 60.8 Å². The monoisotopic (exact) mass is 430 g/mol. The molecule has 2 aromatic heterocycles. The fourth-order valence-corrected chi connectivity index (χ4v) is 4.22. The third-order valence-corrected chi connectivity index (χ3v) is 5.90. The molecule has 1 aromatic carbocycles. The minimum atomic E-state index is 0.0169. The first-order valence-electron chi connectivity index (χ1n) is 11.2. The van der Waals surface area contributed by atoms with Gasteiger partial charge in [-0.2, -0.15) is 0 Å². The molecule has 0 bridgehead atoms. The number of amides is 1. The fourth-order valence-electron chi connectivity index (χ4n) is 4.22. The number of fused-ring (bicyclic) bond motifs is 1. The molecule has 6 heteroatoms. The highest BCUT2D eigenvalue weighted by atomic mass is 16.5. The van der Waals surface area contributed by atoms with Gasteiger partial charge >= 0.3 is 0 Å². The Balaban J connectivity index is 1.27. The van der Waals surface area contributed by atoms with E-state index in [1.165, 1.54) is 18.4 Å². The van der Waals surface area contributed by atoms with Crippen molar-refractivity contribution in [2.75, 3.05) is 32.1 Å². The number of likely N-dealkylation sites (tertiary alicyclic amines) is 1. The number of methoxy groups -OCH3 is 1. The Kier molecular flexibility index (Phi) is 7.46. The predicted molar refractivity (Wildman–Crippen MR) is 129 cm³/mol. The molecule has 1 aliphatic rings. The lowest BCUT2D eigenvalue weighted by Crippen LogP contribution is -2.35. The van der Waals surface area contributed by atoms with Crippen LogP contribution in [-0.2, 0) is 4.79 Å². The number of hydrogen-bond acceptors (Lipinski definition) is 5. The molecule has 166 valence electrons. The average molecular weight is 431 g/mol. The molecule has 3 heterocycles. The Morgan fingerprint density at radius 2 is 2.09 bits per heavy atom. The van der Waals surface area contributed by atoms with E-state index in [0.29, 0.717) is 29.4 Å². The summed E-state index contributed by atoms with van der Waals surface area (Å²) in [5.41, 5.74) is 3.29. The van der Waals surface area contributed by atoms with Gasteiger partial charge in [-0.05, 0) is 49.4 Å². The van der Waals surface area contributed by atoms with Gasteiger partial charge in [0.1, 0.15) is 5.52 Å². The number of anilines is 1. The van der Waals surface area contributed by atoms with Crippen LogP contribution < -0.4 is 10.1 Å². The molecule has 1 atom stereocenters. The highest BCUT2D eigenvalue weighted by molar-refractivity contribution is 5.99. The van der Waals surface area contributed by atoms with Crippen LogP contribution in [0.1, 0.15) is 31.2 Å². The second kappa shape index (κ2) is 10.9. The number of carbonyl (C=O) groups excluding carboxylic acids is 1. The maximum Gasteiger partial charge on any atom is 0.224 e.